The molecular weight excluding hydrogens is 264 g/mol. The van der Waals surface area contributed by atoms with Crippen molar-refractivity contribution in [3.63, 3.8) is 0 Å². The topological polar surface area (TPSA) is 75.4 Å². The van der Waals surface area contributed by atoms with Crippen LogP contribution >= 0.6 is 0 Å². The number of rotatable bonds is 3. The molecule has 1 atom stereocenters. The molecule has 2 rings (SSSR count). The second kappa shape index (κ2) is 5.87. The Morgan fingerprint density at radius 3 is 2.52 bits per heavy atom. The zero-order valence-corrected chi connectivity index (χ0v) is 12.5. The van der Waals surface area contributed by atoms with Gasteiger partial charge >= 0.3 is 0 Å². The van der Waals surface area contributed by atoms with Gasteiger partial charge in [-0.1, -0.05) is 23.8 Å². The molecule has 0 saturated carbocycles. The molecule has 2 aromatic rings. The standard InChI is InChI=1S/C17H20N2O2/c1-10-4-6-14(11(2)8-10)12(3)19-17(21)13-5-7-15(18)16(20)9-13/h4-9,12,20H,18H2,1-3H3,(H,19,21). The molecule has 0 aliphatic heterocycles. The number of benzene rings is 2. The van der Waals surface area contributed by atoms with Crippen LogP contribution in [0.25, 0.3) is 0 Å². The number of phenolic OH excluding ortho intramolecular Hbond substituents is 1. The number of carbonyl (C=O) groups excluding carboxylic acids is 1. The summed E-state index contributed by atoms with van der Waals surface area (Å²) < 4.78 is 0. The highest BCUT2D eigenvalue weighted by Crippen LogP contribution is 2.22. The Kier molecular flexibility index (Phi) is 4.17. The van der Waals surface area contributed by atoms with E-state index in [1.807, 2.05) is 32.9 Å². The lowest BCUT2D eigenvalue weighted by molar-refractivity contribution is 0.0939. The van der Waals surface area contributed by atoms with Crippen molar-refractivity contribution >= 4 is 11.6 Å². The Labute approximate surface area is 124 Å². The van der Waals surface area contributed by atoms with Crippen LogP contribution in [0.2, 0.25) is 0 Å². The summed E-state index contributed by atoms with van der Waals surface area (Å²) in [6.45, 7) is 6.00. The summed E-state index contributed by atoms with van der Waals surface area (Å²) in [4.78, 5) is 12.2. The van der Waals surface area contributed by atoms with Crippen LogP contribution in [0.3, 0.4) is 0 Å². The summed E-state index contributed by atoms with van der Waals surface area (Å²) in [6.07, 6.45) is 0. The van der Waals surface area contributed by atoms with Crippen molar-refractivity contribution in [1.82, 2.24) is 5.32 Å². The minimum Gasteiger partial charge on any atom is -0.506 e. The number of aromatic hydroxyl groups is 1. The van der Waals surface area contributed by atoms with Crippen LogP contribution in [0, 0.1) is 13.8 Å². The lowest BCUT2D eigenvalue weighted by atomic mass is 10.00. The monoisotopic (exact) mass is 284 g/mol. The highest BCUT2D eigenvalue weighted by atomic mass is 16.3. The molecule has 4 nitrogen and oxygen atoms in total. The fraction of sp³-hybridized carbons (Fsp3) is 0.235. The summed E-state index contributed by atoms with van der Waals surface area (Å²) in [6, 6.07) is 10.5. The van der Waals surface area contributed by atoms with Crippen molar-refractivity contribution in [1.29, 1.82) is 0 Å². The van der Waals surface area contributed by atoms with Crippen LogP contribution in [-0.2, 0) is 0 Å². The van der Waals surface area contributed by atoms with E-state index in [1.54, 1.807) is 6.07 Å². The lowest BCUT2D eigenvalue weighted by Crippen LogP contribution is -2.27. The highest BCUT2D eigenvalue weighted by Gasteiger charge is 2.14. The van der Waals surface area contributed by atoms with E-state index in [1.165, 1.54) is 17.7 Å². The van der Waals surface area contributed by atoms with Crippen molar-refractivity contribution in [2.75, 3.05) is 5.73 Å². The molecule has 0 aliphatic rings. The van der Waals surface area contributed by atoms with Crippen LogP contribution in [0.5, 0.6) is 5.75 Å². The zero-order chi connectivity index (χ0) is 15.6. The van der Waals surface area contributed by atoms with Gasteiger partial charge in [0.05, 0.1) is 11.7 Å². The van der Waals surface area contributed by atoms with Crippen molar-refractivity contribution in [2.24, 2.45) is 0 Å². The molecule has 2 aromatic carbocycles. The summed E-state index contributed by atoms with van der Waals surface area (Å²) in [7, 11) is 0. The van der Waals surface area contributed by atoms with Crippen LogP contribution < -0.4 is 11.1 Å². The number of anilines is 1. The normalized spacial score (nSPS) is 12.0. The summed E-state index contributed by atoms with van der Waals surface area (Å²) >= 11 is 0. The SMILES string of the molecule is Cc1ccc(C(C)NC(=O)c2ccc(N)c(O)c2)c(C)c1. The van der Waals surface area contributed by atoms with Gasteiger partial charge in [-0.3, -0.25) is 4.79 Å². The Balaban J connectivity index is 2.16. The molecule has 0 aliphatic carbocycles. The first-order valence-electron chi connectivity index (χ1n) is 6.85. The van der Waals surface area contributed by atoms with E-state index in [-0.39, 0.29) is 23.4 Å². The first-order chi connectivity index (χ1) is 9.88. The van der Waals surface area contributed by atoms with Crippen molar-refractivity contribution in [3.05, 3.63) is 58.7 Å². The van der Waals surface area contributed by atoms with E-state index in [0.29, 0.717) is 5.56 Å². The number of hydrogen-bond donors (Lipinski definition) is 3. The van der Waals surface area contributed by atoms with E-state index in [0.717, 1.165) is 11.1 Å². The maximum Gasteiger partial charge on any atom is 0.251 e. The third-order valence-electron chi connectivity index (χ3n) is 3.53. The fourth-order valence-corrected chi connectivity index (χ4v) is 2.35. The maximum atomic E-state index is 12.2. The molecule has 0 saturated heterocycles. The molecule has 0 bridgehead atoms. The Morgan fingerprint density at radius 2 is 1.90 bits per heavy atom. The minimum atomic E-state index is -0.238. The van der Waals surface area contributed by atoms with Gasteiger partial charge < -0.3 is 16.2 Å². The van der Waals surface area contributed by atoms with E-state index in [9.17, 15) is 9.90 Å². The molecule has 110 valence electrons. The van der Waals surface area contributed by atoms with Gasteiger partial charge in [0.2, 0.25) is 0 Å². The third kappa shape index (κ3) is 3.34. The number of amides is 1. The molecule has 0 heterocycles. The van der Waals surface area contributed by atoms with Crippen LogP contribution in [-0.4, -0.2) is 11.0 Å². The largest absolute Gasteiger partial charge is 0.506 e. The van der Waals surface area contributed by atoms with E-state index in [4.69, 9.17) is 5.73 Å². The second-order valence-corrected chi connectivity index (χ2v) is 5.33. The number of hydrogen-bond acceptors (Lipinski definition) is 3. The molecule has 1 amide bonds. The highest BCUT2D eigenvalue weighted by molar-refractivity contribution is 5.95. The van der Waals surface area contributed by atoms with Gasteiger partial charge in [-0.2, -0.15) is 0 Å². The molecule has 0 spiro atoms. The van der Waals surface area contributed by atoms with Gasteiger partial charge in [-0.05, 0) is 50.1 Å². The molecule has 0 radical (unpaired) electrons. The third-order valence-corrected chi connectivity index (χ3v) is 3.53. The van der Waals surface area contributed by atoms with E-state index >= 15 is 0 Å². The smallest absolute Gasteiger partial charge is 0.251 e. The van der Waals surface area contributed by atoms with Gasteiger partial charge in [-0.15, -0.1) is 0 Å². The Morgan fingerprint density at radius 1 is 1.19 bits per heavy atom. The Hall–Kier alpha value is -2.49. The molecule has 0 fully saturated rings. The van der Waals surface area contributed by atoms with E-state index in [2.05, 4.69) is 11.4 Å². The molecule has 1 unspecified atom stereocenters. The number of nitrogens with one attached hydrogen (secondary N) is 1. The van der Waals surface area contributed by atoms with Crippen molar-refractivity contribution in [3.8, 4) is 5.75 Å². The second-order valence-electron chi connectivity index (χ2n) is 5.33. The van der Waals surface area contributed by atoms with E-state index < -0.39 is 0 Å². The lowest BCUT2D eigenvalue weighted by Gasteiger charge is -2.17. The maximum absolute atomic E-state index is 12.2. The number of nitrogens with two attached hydrogens (primary N) is 1. The zero-order valence-electron chi connectivity index (χ0n) is 12.5. The van der Waals surface area contributed by atoms with Gasteiger partial charge in [0.1, 0.15) is 5.75 Å². The minimum absolute atomic E-state index is 0.0816. The van der Waals surface area contributed by atoms with Gasteiger partial charge in [0, 0.05) is 5.56 Å². The molecular formula is C17H20N2O2. The predicted molar refractivity (Wildman–Crippen MR) is 84.3 cm³/mol. The first-order valence-corrected chi connectivity index (χ1v) is 6.85. The number of carbonyl (C=O) groups is 1. The Bertz CT molecular complexity index is 680. The molecule has 4 heteroatoms. The van der Waals surface area contributed by atoms with Crippen LogP contribution in [0.15, 0.2) is 36.4 Å². The summed E-state index contributed by atoms with van der Waals surface area (Å²) in [5.41, 5.74) is 9.59. The quantitative estimate of drug-likeness (QED) is 0.599. The summed E-state index contributed by atoms with van der Waals surface area (Å²) in [5.74, 6) is -0.320. The average molecular weight is 284 g/mol. The predicted octanol–water partition coefficient (Wildman–Crippen LogP) is 3.08. The fourth-order valence-electron chi connectivity index (χ4n) is 2.35. The number of aryl methyl sites for hydroxylation is 2. The van der Waals surface area contributed by atoms with Crippen LogP contribution in [0.4, 0.5) is 5.69 Å². The van der Waals surface area contributed by atoms with Crippen molar-refractivity contribution < 1.29 is 9.90 Å². The molecule has 0 aromatic heterocycles. The van der Waals surface area contributed by atoms with Gasteiger partial charge in [-0.25, -0.2) is 0 Å². The number of phenols is 1. The first kappa shape index (κ1) is 14.9. The van der Waals surface area contributed by atoms with Crippen molar-refractivity contribution in [2.45, 2.75) is 26.8 Å². The van der Waals surface area contributed by atoms with Crippen LogP contribution in [0.1, 0.15) is 40.0 Å². The molecule has 21 heavy (non-hydrogen) atoms. The van der Waals surface area contributed by atoms with Gasteiger partial charge in [0.15, 0.2) is 0 Å². The number of nitrogen functional groups attached to an aromatic ring is 1. The summed E-state index contributed by atoms with van der Waals surface area (Å²) in [5, 5.41) is 12.5. The molecule has 4 N–H and O–H groups in total. The average Bonchev–Trinajstić information content (AvgIpc) is 2.41. The van der Waals surface area contributed by atoms with Gasteiger partial charge in [0.25, 0.3) is 5.91 Å².